The predicted octanol–water partition coefficient (Wildman–Crippen LogP) is -0.542. The summed E-state index contributed by atoms with van der Waals surface area (Å²) < 4.78 is 10.8. The SMILES string of the molecule is C=C(C)[C@H]1[C@H](O)[C@H]2OC(=O)[C@]34O[C@H]3C[C@](O)([C@@H]1C(=O)O)[C@@]24C. The molecule has 0 aromatic rings. The highest BCUT2D eigenvalue weighted by molar-refractivity contribution is 5.90. The summed E-state index contributed by atoms with van der Waals surface area (Å²) in [6, 6.07) is 0. The summed E-state index contributed by atoms with van der Waals surface area (Å²) in [7, 11) is 0. The molecule has 0 aromatic carbocycles. The number of epoxide rings is 1. The fourth-order valence-corrected chi connectivity index (χ4v) is 5.30. The number of aliphatic hydroxyl groups is 2. The fraction of sp³-hybridized carbons (Fsp3) is 0.733. The highest BCUT2D eigenvalue weighted by Gasteiger charge is 2.93. The average molecular weight is 310 g/mol. The molecule has 7 nitrogen and oxygen atoms in total. The first-order valence-electron chi connectivity index (χ1n) is 7.30. The molecule has 2 saturated heterocycles. The molecular weight excluding hydrogens is 292 g/mol. The van der Waals surface area contributed by atoms with Crippen LogP contribution >= 0.6 is 0 Å². The van der Waals surface area contributed by atoms with Crippen LogP contribution in [0.2, 0.25) is 0 Å². The summed E-state index contributed by atoms with van der Waals surface area (Å²) >= 11 is 0. The first kappa shape index (κ1) is 14.2. The fourth-order valence-electron chi connectivity index (χ4n) is 5.30. The number of carboxylic acids is 1. The van der Waals surface area contributed by atoms with E-state index in [1.807, 2.05) is 0 Å². The molecule has 120 valence electrons. The monoisotopic (exact) mass is 310 g/mol. The molecule has 0 unspecified atom stereocenters. The van der Waals surface area contributed by atoms with Crippen molar-refractivity contribution in [3.8, 4) is 0 Å². The minimum absolute atomic E-state index is 0.0442. The number of esters is 1. The zero-order valence-electron chi connectivity index (χ0n) is 12.3. The highest BCUT2D eigenvalue weighted by Crippen LogP contribution is 2.75. The largest absolute Gasteiger partial charge is 0.481 e. The van der Waals surface area contributed by atoms with Crippen LogP contribution in [0.4, 0.5) is 0 Å². The van der Waals surface area contributed by atoms with Gasteiger partial charge in [0, 0.05) is 12.3 Å². The maximum Gasteiger partial charge on any atom is 0.342 e. The van der Waals surface area contributed by atoms with Crippen LogP contribution in [0.1, 0.15) is 20.3 Å². The maximum atomic E-state index is 12.3. The van der Waals surface area contributed by atoms with E-state index in [9.17, 15) is 24.9 Å². The van der Waals surface area contributed by atoms with Gasteiger partial charge < -0.3 is 24.8 Å². The molecule has 4 aliphatic rings. The number of carbonyl (C=O) groups excluding carboxylic acids is 1. The molecule has 2 heterocycles. The molecule has 0 amide bonds. The molecule has 3 N–H and O–H groups in total. The second-order valence-electron chi connectivity index (χ2n) is 7.18. The van der Waals surface area contributed by atoms with E-state index in [4.69, 9.17) is 9.47 Å². The van der Waals surface area contributed by atoms with Crippen molar-refractivity contribution in [2.24, 2.45) is 17.3 Å². The van der Waals surface area contributed by atoms with Crippen molar-refractivity contribution in [2.75, 3.05) is 0 Å². The average Bonchev–Trinajstić information content (AvgIpc) is 3.01. The van der Waals surface area contributed by atoms with Crippen LogP contribution < -0.4 is 0 Å². The van der Waals surface area contributed by atoms with Gasteiger partial charge in [-0.2, -0.15) is 0 Å². The Morgan fingerprint density at radius 1 is 1.45 bits per heavy atom. The normalized spacial score (nSPS) is 57.8. The molecule has 8 atom stereocenters. The topological polar surface area (TPSA) is 117 Å². The molecule has 2 aliphatic carbocycles. The molecule has 0 radical (unpaired) electrons. The Balaban J connectivity index is 1.95. The standard InChI is InChI=1S/C15H18O7/c1-5(2)7-8(11(17)18)14(20)4-6-15(22-6)12(19)21-10(9(7)16)13(14,15)3/h6-10,16,20H,1,4H2,2-3H3,(H,17,18)/t6-,7+,8-,9-,10+,13+,14-,15+/m0/s1. The quantitative estimate of drug-likeness (QED) is 0.356. The van der Waals surface area contributed by atoms with E-state index < -0.39 is 58.7 Å². The van der Waals surface area contributed by atoms with Crippen molar-refractivity contribution in [3.05, 3.63) is 12.2 Å². The van der Waals surface area contributed by atoms with Gasteiger partial charge in [-0.15, -0.1) is 0 Å². The number of aliphatic carboxylic acids is 1. The van der Waals surface area contributed by atoms with Gasteiger partial charge in [0.05, 0.1) is 23.0 Å². The smallest absolute Gasteiger partial charge is 0.342 e. The number of hydrogen-bond donors (Lipinski definition) is 3. The lowest BCUT2D eigenvalue weighted by Crippen LogP contribution is -2.70. The second kappa shape index (κ2) is 3.55. The molecule has 4 fully saturated rings. The Labute approximate surface area is 126 Å². The van der Waals surface area contributed by atoms with E-state index >= 15 is 0 Å². The van der Waals surface area contributed by atoms with Crippen LogP contribution in [0, 0.1) is 17.3 Å². The Morgan fingerprint density at radius 2 is 2.09 bits per heavy atom. The van der Waals surface area contributed by atoms with Gasteiger partial charge in [-0.1, -0.05) is 12.2 Å². The van der Waals surface area contributed by atoms with Crippen molar-refractivity contribution in [1.82, 2.24) is 0 Å². The van der Waals surface area contributed by atoms with Crippen LogP contribution in [0.5, 0.6) is 0 Å². The van der Waals surface area contributed by atoms with E-state index in [2.05, 4.69) is 6.58 Å². The molecular formula is C15H18O7. The van der Waals surface area contributed by atoms with Crippen LogP contribution in [0.25, 0.3) is 0 Å². The third-order valence-electron chi connectivity index (χ3n) is 6.38. The van der Waals surface area contributed by atoms with Gasteiger partial charge in [-0.25, -0.2) is 4.79 Å². The summed E-state index contributed by atoms with van der Waals surface area (Å²) in [6.07, 6.45) is -2.76. The summed E-state index contributed by atoms with van der Waals surface area (Å²) in [5.41, 5.74) is -3.85. The Kier molecular flexibility index (Phi) is 2.29. The van der Waals surface area contributed by atoms with Crippen molar-refractivity contribution in [1.29, 1.82) is 0 Å². The van der Waals surface area contributed by atoms with Gasteiger partial charge in [0.25, 0.3) is 0 Å². The van der Waals surface area contributed by atoms with Crippen LogP contribution in [-0.2, 0) is 19.1 Å². The summed E-state index contributed by atoms with van der Waals surface area (Å²) in [5, 5.41) is 31.6. The van der Waals surface area contributed by atoms with E-state index in [0.717, 1.165) is 0 Å². The van der Waals surface area contributed by atoms with Crippen molar-refractivity contribution in [2.45, 2.75) is 49.8 Å². The lowest BCUT2D eigenvalue weighted by molar-refractivity contribution is -0.236. The summed E-state index contributed by atoms with van der Waals surface area (Å²) in [5.74, 6) is -3.98. The minimum atomic E-state index is -1.69. The minimum Gasteiger partial charge on any atom is -0.481 e. The lowest BCUT2D eigenvalue weighted by Gasteiger charge is -2.54. The van der Waals surface area contributed by atoms with E-state index in [0.29, 0.717) is 5.57 Å². The van der Waals surface area contributed by atoms with Crippen molar-refractivity contribution in [3.63, 3.8) is 0 Å². The van der Waals surface area contributed by atoms with Gasteiger partial charge in [0.2, 0.25) is 5.60 Å². The summed E-state index contributed by atoms with van der Waals surface area (Å²) in [6.45, 7) is 6.95. The zero-order valence-corrected chi connectivity index (χ0v) is 12.3. The molecule has 0 bridgehead atoms. The van der Waals surface area contributed by atoms with Gasteiger partial charge in [-0.3, -0.25) is 4.79 Å². The van der Waals surface area contributed by atoms with Gasteiger partial charge in [-0.05, 0) is 13.8 Å². The number of hydrogen-bond acceptors (Lipinski definition) is 6. The van der Waals surface area contributed by atoms with E-state index in [1.165, 1.54) is 0 Å². The summed E-state index contributed by atoms with van der Waals surface area (Å²) in [4.78, 5) is 24.1. The Hall–Kier alpha value is -1.44. The molecule has 7 heteroatoms. The highest BCUT2D eigenvalue weighted by atomic mass is 16.7. The van der Waals surface area contributed by atoms with Gasteiger partial charge in [0.15, 0.2) is 0 Å². The maximum absolute atomic E-state index is 12.3. The third-order valence-corrected chi connectivity index (χ3v) is 6.38. The second-order valence-corrected chi connectivity index (χ2v) is 7.18. The Bertz CT molecular complexity index is 629. The Morgan fingerprint density at radius 3 is 2.64 bits per heavy atom. The number of ether oxygens (including phenoxy) is 2. The van der Waals surface area contributed by atoms with Gasteiger partial charge >= 0.3 is 11.9 Å². The number of aliphatic hydroxyl groups excluding tert-OH is 1. The number of carbonyl (C=O) groups is 2. The van der Waals surface area contributed by atoms with Crippen LogP contribution in [0.3, 0.4) is 0 Å². The first-order valence-corrected chi connectivity index (χ1v) is 7.30. The van der Waals surface area contributed by atoms with Crippen molar-refractivity contribution < 1.29 is 34.4 Å². The zero-order chi connectivity index (χ0) is 16.2. The van der Waals surface area contributed by atoms with Crippen LogP contribution in [0.15, 0.2) is 12.2 Å². The van der Waals surface area contributed by atoms with Gasteiger partial charge in [0.1, 0.15) is 12.2 Å². The van der Waals surface area contributed by atoms with E-state index in [1.54, 1.807) is 13.8 Å². The third kappa shape index (κ3) is 1.09. The molecule has 4 rings (SSSR count). The predicted molar refractivity (Wildman–Crippen MR) is 70.6 cm³/mol. The molecule has 1 spiro atoms. The molecule has 2 aliphatic heterocycles. The first-order chi connectivity index (χ1) is 10.1. The van der Waals surface area contributed by atoms with Crippen LogP contribution in [-0.4, -0.2) is 56.8 Å². The lowest BCUT2D eigenvalue weighted by atomic mass is 9.52. The molecule has 22 heavy (non-hydrogen) atoms. The number of carboxylic acid groups (broad SMARTS) is 1. The molecule has 0 aromatic heterocycles. The van der Waals surface area contributed by atoms with E-state index in [-0.39, 0.29) is 6.42 Å². The number of rotatable bonds is 2. The molecule has 2 saturated carbocycles. The van der Waals surface area contributed by atoms with Crippen molar-refractivity contribution >= 4 is 11.9 Å².